The van der Waals surface area contributed by atoms with Gasteiger partial charge in [0.2, 0.25) is 0 Å². The van der Waals surface area contributed by atoms with Gasteiger partial charge in [0.1, 0.15) is 0 Å². The lowest BCUT2D eigenvalue weighted by Crippen LogP contribution is -2.62. The molecule has 2 nitrogen and oxygen atoms in total. The van der Waals surface area contributed by atoms with Gasteiger partial charge in [-0.25, -0.2) is 0 Å². The van der Waals surface area contributed by atoms with Crippen LogP contribution in [0, 0.1) is 6.92 Å². The number of hydrogen-bond donors (Lipinski definition) is 1. The van der Waals surface area contributed by atoms with Gasteiger partial charge in [-0.3, -0.25) is 0 Å². The molecule has 1 N–H and O–H groups in total. The summed E-state index contributed by atoms with van der Waals surface area (Å²) in [5.41, 5.74) is 2.41. The molecule has 1 aromatic rings. The number of nitrogens with zero attached hydrogens (tertiary/aromatic N) is 1. The van der Waals surface area contributed by atoms with E-state index in [-0.39, 0.29) is 5.54 Å². The number of piperazine rings is 1. The molecular formula is C16H22Cl2N2. The Labute approximate surface area is 131 Å². The zero-order valence-electron chi connectivity index (χ0n) is 12.2. The third-order valence-electron chi connectivity index (χ3n) is 4.88. The van der Waals surface area contributed by atoms with Gasteiger partial charge in [0.05, 0.1) is 10.7 Å². The van der Waals surface area contributed by atoms with Crippen LogP contribution in [0.3, 0.4) is 0 Å². The third kappa shape index (κ3) is 2.54. The van der Waals surface area contributed by atoms with Crippen LogP contribution in [0.5, 0.6) is 0 Å². The van der Waals surface area contributed by atoms with Crippen molar-refractivity contribution in [1.82, 2.24) is 5.32 Å². The Hall–Kier alpha value is -0.440. The molecule has 3 rings (SSSR count). The topological polar surface area (TPSA) is 15.3 Å². The quantitative estimate of drug-likeness (QED) is 0.826. The van der Waals surface area contributed by atoms with Gasteiger partial charge in [-0.15, -0.1) is 0 Å². The summed E-state index contributed by atoms with van der Waals surface area (Å²) in [6, 6.07) is 4.46. The largest absolute Gasteiger partial charge is 0.364 e. The van der Waals surface area contributed by atoms with E-state index in [9.17, 15) is 0 Å². The monoisotopic (exact) mass is 312 g/mol. The second kappa shape index (κ2) is 5.40. The molecule has 1 unspecified atom stereocenters. The predicted molar refractivity (Wildman–Crippen MR) is 87.2 cm³/mol. The fourth-order valence-electron chi connectivity index (χ4n) is 3.58. The SMILES string of the molecule is Cc1cc(Cl)c(N2CC3(CCCC3)NCC2C)cc1Cl. The zero-order chi connectivity index (χ0) is 14.3. The Bertz CT molecular complexity index is 509. The lowest BCUT2D eigenvalue weighted by Gasteiger charge is -2.46. The average Bonchev–Trinajstić information content (AvgIpc) is 2.86. The molecule has 2 fully saturated rings. The van der Waals surface area contributed by atoms with E-state index in [4.69, 9.17) is 23.2 Å². The van der Waals surface area contributed by atoms with Crippen LogP contribution in [-0.2, 0) is 0 Å². The molecule has 1 saturated heterocycles. The number of anilines is 1. The highest BCUT2D eigenvalue weighted by Crippen LogP contribution is 2.38. The number of hydrogen-bond acceptors (Lipinski definition) is 2. The number of nitrogens with one attached hydrogen (secondary N) is 1. The molecule has 0 amide bonds. The molecule has 20 heavy (non-hydrogen) atoms. The van der Waals surface area contributed by atoms with Crippen LogP contribution in [0.4, 0.5) is 5.69 Å². The lowest BCUT2D eigenvalue weighted by atomic mass is 9.92. The summed E-state index contributed by atoms with van der Waals surface area (Å²) in [4.78, 5) is 2.44. The fourth-order valence-corrected chi connectivity index (χ4v) is 4.06. The van der Waals surface area contributed by atoms with E-state index < -0.39 is 0 Å². The molecule has 1 heterocycles. The third-order valence-corrected chi connectivity index (χ3v) is 5.59. The highest BCUT2D eigenvalue weighted by Gasteiger charge is 2.40. The van der Waals surface area contributed by atoms with Crippen molar-refractivity contribution in [2.75, 3.05) is 18.0 Å². The summed E-state index contributed by atoms with van der Waals surface area (Å²) in [5.74, 6) is 0. The minimum Gasteiger partial charge on any atom is -0.364 e. The molecule has 1 spiro atoms. The van der Waals surface area contributed by atoms with Crippen molar-refractivity contribution >= 4 is 28.9 Å². The van der Waals surface area contributed by atoms with E-state index in [1.807, 2.05) is 19.1 Å². The summed E-state index contributed by atoms with van der Waals surface area (Å²) < 4.78 is 0. The number of aryl methyl sites for hydroxylation is 1. The summed E-state index contributed by atoms with van der Waals surface area (Å²) in [6.07, 6.45) is 5.20. The average molecular weight is 313 g/mol. The van der Waals surface area contributed by atoms with Crippen LogP contribution in [0.15, 0.2) is 12.1 Å². The second-order valence-corrected chi connectivity index (χ2v) is 7.21. The molecule has 110 valence electrons. The Morgan fingerprint density at radius 2 is 1.90 bits per heavy atom. The normalized spacial score (nSPS) is 25.4. The molecular weight excluding hydrogens is 291 g/mol. The minimum absolute atomic E-state index is 0.285. The van der Waals surface area contributed by atoms with E-state index in [0.29, 0.717) is 6.04 Å². The second-order valence-electron chi connectivity index (χ2n) is 6.40. The molecule has 4 heteroatoms. The van der Waals surface area contributed by atoms with E-state index in [2.05, 4.69) is 17.1 Å². The maximum absolute atomic E-state index is 6.47. The summed E-state index contributed by atoms with van der Waals surface area (Å²) in [7, 11) is 0. The Morgan fingerprint density at radius 3 is 2.60 bits per heavy atom. The smallest absolute Gasteiger partial charge is 0.0643 e. The molecule has 2 aliphatic rings. The minimum atomic E-state index is 0.285. The first-order chi connectivity index (χ1) is 9.51. The molecule has 0 bridgehead atoms. The summed E-state index contributed by atoms with van der Waals surface area (Å²) >= 11 is 12.8. The van der Waals surface area contributed by atoms with Crippen molar-refractivity contribution in [3.8, 4) is 0 Å². The van der Waals surface area contributed by atoms with Crippen LogP contribution >= 0.6 is 23.2 Å². The van der Waals surface area contributed by atoms with Crippen LogP contribution in [-0.4, -0.2) is 24.7 Å². The molecule has 1 aliphatic carbocycles. The standard InChI is InChI=1S/C16H22Cl2N2/c1-11-7-14(18)15(8-13(11)17)20-10-16(5-3-4-6-16)19-9-12(20)2/h7-8,12,19H,3-6,9-10H2,1-2H3. The first kappa shape index (κ1) is 14.5. The molecule has 1 aliphatic heterocycles. The van der Waals surface area contributed by atoms with Crippen LogP contribution in [0.2, 0.25) is 10.0 Å². The summed E-state index contributed by atoms with van der Waals surface area (Å²) in [5, 5.41) is 5.39. The summed E-state index contributed by atoms with van der Waals surface area (Å²) in [6.45, 7) is 6.30. The number of rotatable bonds is 1. The molecule has 1 saturated carbocycles. The van der Waals surface area contributed by atoms with Crippen molar-refractivity contribution in [3.05, 3.63) is 27.7 Å². The van der Waals surface area contributed by atoms with Crippen molar-refractivity contribution < 1.29 is 0 Å². The highest BCUT2D eigenvalue weighted by molar-refractivity contribution is 6.35. The number of halogens is 2. The first-order valence-corrected chi connectivity index (χ1v) is 8.24. The van der Waals surface area contributed by atoms with Gasteiger partial charge in [0.15, 0.2) is 0 Å². The van der Waals surface area contributed by atoms with Crippen molar-refractivity contribution in [3.63, 3.8) is 0 Å². The van der Waals surface area contributed by atoms with Crippen molar-refractivity contribution in [2.24, 2.45) is 0 Å². The van der Waals surface area contributed by atoms with Gasteiger partial charge in [-0.2, -0.15) is 0 Å². The fraction of sp³-hybridized carbons (Fsp3) is 0.625. The van der Waals surface area contributed by atoms with Gasteiger partial charge in [-0.1, -0.05) is 36.0 Å². The molecule has 1 atom stereocenters. The van der Waals surface area contributed by atoms with Crippen LogP contribution in [0.25, 0.3) is 0 Å². The van der Waals surface area contributed by atoms with Crippen LogP contribution < -0.4 is 10.2 Å². The van der Waals surface area contributed by atoms with E-state index in [1.165, 1.54) is 25.7 Å². The Balaban J connectivity index is 1.93. The van der Waals surface area contributed by atoms with Gasteiger partial charge < -0.3 is 10.2 Å². The zero-order valence-corrected chi connectivity index (χ0v) is 13.7. The maximum atomic E-state index is 6.47. The van der Waals surface area contributed by atoms with E-state index in [1.54, 1.807) is 0 Å². The Kier molecular flexibility index (Phi) is 3.91. The maximum Gasteiger partial charge on any atom is 0.0643 e. The number of benzene rings is 1. The van der Waals surface area contributed by atoms with E-state index >= 15 is 0 Å². The van der Waals surface area contributed by atoms with Crippen molar-refractivity contribution in [1.29, 1.82) is 0 Å². The van der Waals surface area contributed by atoms with Gasteiger partial charge in [0, 0.05) is 29.7 Å². The predicted octanol–water partition coefficient (Wildman–Crippen LogP) is 4.41. The first-order valence-electron chi connectivity index (χ1n) is 7.48. The van der Waals surface area contributed by atoms with Crippen LogP contribution in [0.1, 0.15) is 38.2 Å². The molecule has 0 aromatic heterocycles. The lowest BCUT2D eigenvalue weighted by molar-refractivity contribution is 0.276. The molecule has 1 aromatic carbocycles. The van der Waals surface area contributed by atoms with Crippen molar-refractivity contribution in [2.45, 2.75) is 51.1 Å². The van der Waals surface area contributed by atoms with Gasteiger partial charge in [0.25, 0.3) is 0 Å². The van der Waals surface area contributed by atoms with Gasteiger partial charge >= 0.3 is 0 Å². The highest BCUT2D eigenvalue weighted by atomic mass is 35.5. The molecule has 0 radical (unpaired) electrons. The van der Waals surface area contributed by atoms with Gasteiger partial charge in [-0.05, 0) is 44.4 Å². The van der Waals surface area contributed by atoms with E-state index in [0.717, 1.165) is 34.4 Å². The Morgan fingerprint density at radius 1 is 1.20 bits per heavy atom.